The van der Waals surface area contributed by atoms with Gasteiger partial charge in [-0.05, 0) is 23.6 Å². The minimum atomic E-state index is 0.450. The van der Waals surface area contributed by atoms with Crippen molar-refractivity contribution < 1.29 is 0 Å². The third kappa shape index (κ3) is 2.37. The first-order valence-electron chi connectivity index (χ1n) is 4.08. The van der Waals surface area contributed by atoms with Crippen molar-refractivity contribution >= 4 is 17.3 Å². The summed E-state index contributed by atoms with van der Waals surface area (Å²) in [5.41, 5.74) is 8.54. The van der Waals surface area contributed by atoms with Crippen LogP contribution in [0.3, 0.4) is 0 Å². The zero-order valence-electron chi connectivity index (χ0n) is 7.26. The lowest BCUT2D eigenvalue weighted by Crippen LogP contribution is -1.98. The average Bonchev–Trinajstić information content (AvgIpc) is 2.15. The van der Waals surface area contributed by atoms with Crippen molar-refractivity contribution in [3.63, 3.8) is 0 Å². The molecule has 13 heavy (non-hydrogen) atoms. The van der Waals surface area contributed by atoms with Gasteiger partial charge < -0.3 is 5.73 Å². The van der Waals surface area contributed by atoms with Crippen LogP contribution in [0.15, 0.2) is 18.2 Å². The van der Waals surface area contributed by atoms with E-state index in [9.17, 15) is 0 Å². The van der Waals surface area contributed by atoms with Gasteiger partial charge in [0.2, 0.25) is 0 Å². The smallest absolute Gasteiger partial charge is 0.0625 e. The number of nitrogen functional groups attached to an aromatic ring is 1. The second kappa shape index (κ2) is 4.74. The average molecular weight is 195 g/mol. The lowest BCUT2D eigenvalue weighted by Gasteiger charge is -2.07. The number of rotatable bonds is 3. The molecule has 0 unspecified atom stereocenters. The normalized spacial score (nSPS) is 9.54. The number of hydrogen-bond donors (Lipinski definition) is 1. The van der Waals surface area contributed by atoms with Crippen LogP contribution in [0, 0.1) is 11.3 Å². The Balaban J connectivity index is 2.95. The van der Waals surface area contributed by atoms with Crippen molar-refractivity contribution in [3.8, 4) is 6.07 Å². The molecule has 1 aromatic carbocycles. The molecule has 1 aromatic rings. The van der Waals surface area contributed by atoms with E-state index in [4.69, 9.17) is 22.6 Å². The second-order valence-electron chi connectivity index (χ2n) is 2.78. The zero-order valence-corrected chi connectivity index (χ0v) is 8.01. The molecular formula is C10H11ClN2. The van der Waals surface area contributed by atoms with Crippen LogP contribution in [-0.4, -0.2) is 0 Å². The SMILES string of the molecule is N#CCCc1c(N)cccc1CCl. The Morgan fingerprint density at radius 3 is 2.85 bits per heavy atom. The third-order valence-corrected chi connectivity index (χ3v) is 2.23. The Kier molecular flexibility index (Phi) is 3.60. The maximum atomic E-state index is 8.46. The van der Waals surface area contributed by atoms with Gasteiger partial charge in [0.05, 0.1) is 6.07 Å². The van der Waals surface area contributed by atoms with Gasteiger partial charge in [-0.25, -0.2) is 0 Å². The van der Waals surface area contributed by atoms with Gasteiger partial charge in [-0.3, -0.25) is 0 Å². The summed E-state index contributed by atoms with van der Waals surface area (Å²) in [6.45, 7) is 0. The van der Waals surface area contributed by atoms with Crippen LogP contribution in [0.5, 0.6) is 0 Å². The largest absolute Gasteiger partial charge is 0.398 e. The van der Waals surface area contributed by atoms with E-state index in [0.717, 1.165) is 16.8 Å². The molecule has 1 rings (SSSR count). The molecule has 0 fully saturated rings. The number of alkyl halides is 1. The van der Waals surface area contributed by atoms with Crippen LogP contribution in [0.25, 0.3) is 0 Å². The van der Waals surface area contributed by atoms with E-state index in [0.29, 0.717) is 18.7 Å². The van der Waals surface area contributed by atoms with Crippen molar-refractivity contribution in [2.75, 3.05) is 5.73 Å². The van der Waals surface area contributed by atoms with Crippen molar-refractivity contribution in [2.45, 2.75) is 18.7 Å². The minimum absolute atomic E-state index is 0.450. The van der Waals surface area contributed by atoms with Crippen molar-refractivity contribution in [1.29, 1.82) is 5.26 Å². The summed E-state index contributed by atoms with van der Waals surface area (Å²) in [5.74, 6) is 0.450. The van der Waals surface area contributed by atoms with Gasteiger partial charge in [0, 0.05) is 18.0 Å². The first-order chi connectivity index (χ1) is 6.29. The fourth-order valence-electron chi connectivity index (χ4n) is 1.27. The summed E-state index contributed by atoms with van der Waals surface area (Å²) in [4.78, 5) is 0. The molecule has 0 aliphatic carbocycles. The molecule has 0 aromatic heterocycles. The third-order valence-electron chi connectivity index (χ3n) is 1.94. The number of nitrogens with zero attached hydrogens (tertiary/aromatic N) is 1. The number of anilines is 1. The van der Waals surface area contributed by atoms with E-state index in [1.807, 2.05) is 18.2 Å². The molecule has 0 saturated carbocycles. The van der Waals surface area contributed by atoms with Crippen LogP contribution in [-0.2, 0) is 12.3 Å². The zero-order chi connectivity index (χ0) is 9.68. The topological polar surface area (TPSA) is 49.8 Å². The molecule has 0 aliphatic heterocycles. The van der Waals surface area contributed by atoms with E-state index in [1.165, 1.54) is 0 Å². The van der Waals surface area contributed by atoms with E-state index >= 15 is 0 Å². The summed E-state index contributed by atoms with van der Waals surface area (Å²) >= 11 is 5.74. The summed E-state index contributed by atoms with van der Waals surface area (Å²) in [7, 11) is 0. The fourth-order valence-corrected chi connectivity index (χ4v) is 1.52. The molecular weight excluding hydrogens is 184 g/mol. The van der Waals surface area contributed by atoms with Crippen molar-refractivity contribution in [1.82, 2.24) is 0 Å². The van der Waals surface area contributed by atoms with E-state index in [1.54, 1.807) is 0 Å². The lowest BCUT2D eigenvalue weighted by atomic mass is 10.0. The first kappa shape index (κ1) is 9.88. The van der Waals surface area contributed by atoms with Gasteiger partial charge in [0.25, 0.3) is 0 Å². The minimum Gasteiger partial charge on any atom is -0.398 e. The molecule has 68 valence electrons. The standard InChI is InChI=1S/C10H11ClN2/c11-7-8-3-1-5-10(13)9(8)4-2-6-12/h1,3,5H,2,4,7,13H2. The Bertz CT molecular complexity index is 328. The van der Waals surface area contributed by atoms with E-state index in [2.05, 4.69) is 6.07 Å². The number of benzene rings is 1. The molecule has 0 bridgehead atoms. The highest BCUT2D eigenvalue weighted by molar-refractivity contribution is 6.17. The van der Waals surface area contributed by atoms with Crippen LogP contribution in [0.1, 0.15) is 17.5 Å². The van der Waals surface area contributed by atoms with Gasteiger partial charge in [-0.2, -0.15) is 5.26 Å². The number of nitrogens with two attached hydrogens (primary N) is 1. The van der Waals surface area contributed by atoms with Crippen molar-refractivity contribution in [2.24, 2.45) is 0 Å². The van der Waals surface area contributed by atoms with Gasteiger partial charge in [0.15, 0.2) is 0 Å². The molecule has 0 amide bonds. The number of nitriles is 1. The Morgan fingerprint density at radius 2 is 2.23 bits per heavy atom. The summed E-state index contributed by atoms with van der Waals surface area (Å²) < 4.78 is 0. The summed E-state index contributed by atoms with van der Waals surface area (Å²) in [6.07, 6.45) is 1.17. The maximum absolute atomic E-state index is 8.46. The summed E-state index contributed by atoms with van der Waals surface area (Å²) in [6, 6.07) is 7.75. The van der Waals surface area contributed by atoms with Crippen LogP contribution >= 0.6 is 11.6 Å². The van der Waals surface area contributed by atoms with Gasteiger partial charge in [0.1, 0.15) is 0 Å². The highest BCUT2D eigenvalue weighted by atomic mass is 35.5. The predicted molar refractivity (Wildman–Crippen MR) is 54.3 cm³/mol. The van der Waals surface area contributed by atoms with Gasteiger partial charge in [-0.15, -0.1) is 11.6 Å². The van der Waals surface area contributed by atoms with Crippen LogP contribution in [0.2, 0.25) is 0 Å². The van der Waals surface area contributed by atoms with Crippen LogP contribution < -0.4 is 5.73 Å². The first-order valence-corrected chi connectivity index (χ1v) is 4.62. The van der Waals surface area contributed by atoms with Crippen LogP contribution in [0.4, 0.5) is 5.69 Å². The Labute approximate surface area is 82.9 Å². The van der Waals surface area contributed by atoms with E-state index in [-0.39, 0.29) is 0 Å². The molecule has 0 radical (unpaired) electrons. The van der Waals surface area contributed by atoms with Crippen molar-refractivity contribution in [3.05, 3.63) is 29.3 Å². The highest BCUT2D eigenvalue weighted by Crippen LogP contribution is 2.20. The molecule has 0 aliphatic rings. The lowest BCUT2D eigenvalue weighted by molar-refractivity contribution is 0.996. The monoisotopic (exact) mass is 194 g/mol. The Hall–Kier alpha value is -1.20. The summed E-state index contributed by atoms with van der Waals surface area (Å²) in [5, 5.41) is 8.46. The Morgan fingerprint density at radius 1 is 1.46 bits per heavy atom. The molecule has 0 heterocycles. The number of halogens is 1. The van der Waals surface area contributed by atoms with Gasteiger partial charge >= 0.3 is 0 Å². The predicted octanol–water partition coefficient (Wildman–Crippen LogP) is 2.46. The second-order valence-corrected chi connectivity index (χ2v) is 3.04. The number of hydrogen-bond acceptors (Lipinski definition) is 2. The van der Waals surface area contributed by atoms with Gasteiger partial charge in [-0.1, -0.05) is 12.1 Å². The molecule has 2 N–H and O–H groups in total. The molecule has 0 spiro atoms. The highest BCUT2D eigenvalue weighted by Gasteiger charge is 2.04. The van der Waals surface area contributed by atoms with E-state index < -0.39 is 0 Å². The maximum Gasteiger partial charge on any atom is 0.0625 e. The molecule has 0 atom stereocenters. The quantitative estimate of drug-likeness (QED) is 0.594. The molecule has 0 saturated heterocycles. The fraction of sp³-hybridized carbons (Fsp3) is 0.300. The molecule has 3 heteroatoms. The molecule has 2 nitrogen and oxygen atoms in total.